The molecule has 0 aliphatic carbocycles. The first-order chi connectivity index (χ1) is 14.4. The minimum atomic E-state index is -0.907. The smallest absolute Gasteiger partial charge is 0.253 e. The first-order valence-corrected chi connectivity index (χ1v) is 9.96. The Hall–Kier alpha value is -3.05. The number of carbonyl (C=O) groups excluding carboxylic acids is 2. The average Bonchev–Trinajstić information content (AvgIpc) is 3.39. The third kappa shape index (κ3) is 5.11. The zero-order valence-electron chi connectivity index (χ0n) is 16.7. The lowest BCUT2D eigenvalue weighted by molar-refractivity contribution is -0.119. The van der Waals surface area contributed by atoms with Crippen molar-refractivity contribution < 1.29 is 18.7 Å². The molecule has 8 nitrogen and oxygen atoms in total. The lowest BCUT2D eigenvalue weighted by Crippen LogP contribution is -2.46. The van der Waals surface area contributed by atoms with Crippen LogP contribution in [0.1, 0.15) is 16.1 Å². The SMILES string of the molecule is C[B]n1ccc(C(=O)NC(COC)C(=O)Nc2nc(-c3ccc(F)c(C)n3)cs2)c1. The number of nitrogens with one attached hydrogen (secondary N) is 2. The van der Waals surface area contributed by atoms with Crippen molar-refractivity contribution in [2.75, 3.05) is 19.0 Å². The number of pyridine rings is 1. The van der Waals surface area contributed by atoms with Crippen LogP contribution in [0.25, 0.3) is 11.4 Å². The van der Waals surface area contributed by atoms with Crippen LogP contribution in [-0.4, -0.2) is 53.4 Å². The van der Waals surface area contributed by atoms with Gasteiger partial charge in [0.15, 0.2) is 5.13 Å². The molecule has 155 valence electrons. The summed E-state index contributed by atoms with van der Waals surface area (Å²) in [6, 6.07) is 3.59. The van der Waals surface area contributed by atoms with Gasteiger partial charge in [0.05, 0.1) is 23.6 Å². The standard InChI is InChI=1S/C19H20BFN5O3S/c1-11-13(21)4-5-14(22-11)16-10-30-19(24-16)25-18(28)15(9-29-3)23-17(27)12-6-7-26(8-12)20-2/h4-8,10,15H,9H2,1-3H3,(H,23,27)(H,24,25,28). The largest absolute Gasteiger partial charge is 0.402 e. The number of thiazole rings is 1. The summed E-state index contributed by atoms with van der Waals surface area (Å²) in [5.41, 5.74) is 1.72. The van der Waals surface area contributed by atoms with Crippen molar-refractivity contribution in [1.29, 1.82) is 0 Å². The van der Waals surface area contributed by atoms with Crippen molar-refractivity contribution in [3.63, 3.8) is 0 Å². The van der Waals surface area contributed by atoms with Gasteiger partial charge in [-0.15, -0.1) is 11.3 Å². The van der Waals surface area contributed by atoms with Gasteiger partial charge in [-0.25, -0.2) is 14.4 Å². The van der Waals surface area contributed by atoms with Gasteiger partial charge in [-0.1, -0.05) is 6.82 Å². The first kappa shape index (κ1) is 21.7. The van der Waals surface area contributed by atoms with Crippen molar-refractivity contribution in [1.82, 2.24) is 19.8 Å². The predicted octanol–water partition coefficient (Wildman–Crippen LogP) is 2.35. The van der Waals surface area contributed by atoms with Crippen LogP contribution in [0.5, 0.6) is 0 Å². The molecule has 0 saturated heterocycles. The zero-order chi connectivity index (χ0) is 21.7. The van der Waals surface area contributed by atoms with Crippen molar-refractivity contribution in [2.45, 2.75) is 19.8 Å². The Labute approximate surface area is 177 Å². The maximum absolute atomic E-state index is 13.4. The van der Waals surface area contributed by atoms with Gasteiger partial charge in [0.25, 0.3) is 11.8 Å². The summed E-state index contributed by atoms with van der Waals surface area (Å²) in [7, 11) is 3.24. The molecule has 1 unspecified atom stereocenters. The number of anilines is 1. The van der Waals surface area contributed by atoms with E-state index in [1.807, 2.05) is 6.82 Å². The molecule has 0 aromatic carbocycles. The van der Waals surface area contributed by atoms with Gasteiger partial charge in [0.2, 0.25) is 7.41 Å². The number of rotatable bonds is 8. The molecule has 2 amide bonds. The van der Waals surface area contributed by atoms with E-state index in [1.54, 1.807) is 42.7 Å². The number of methoxy groups -OCH3 is 1. The van der Waals surface area contributed by atoms with E-state index in [-0.39, 0.29) is 12.3 Å². The van der Waals surface area contributed by atoms with Gasteiger partial charge in [-0.3, -0.25) is 9.59 Å². The Morgan fingerprint density at radius 1 is 1.30 bits per heavy atom. The quantitative estimate of drug-likeness (QED) is 0.537. The third-order valence-corrected chi connectivity index (χ3v) is 5.01. The molecule has 3 rings (SSSR count). The van der Waals surface area contributed by atoms with Crippen LogP contribution in [0.4, 0.5) is 9.52 Å². The van der Waals surface area contributed by atoms with E-state index in [0.29, 0.717) is 22.1 Å². The summed E-state index contributed by atoms with van der Waals surface area (Å²) in [5.74, 6) is -1.25. The number of halogens is 1. The maximum atomic E-state index is 13.4. The molecule has 0 spiro atoms. The number of amides is 2. The highest BCUT2D eigenvalue weighted by atomic mass is 32.1. The topological polar surface area (TPSA) is 98.1 Å². The first-order valence-electron chi connectivity index (χ1n) is 9.08. The van der Waals surface area contributed by atoms with Crippen molar-refractivity contribution in [2.24, 2.45) is 0 Å². The molecule has 0 aliphatic heterocycles. The molecule has 3 aromatic heterocycles. The van der Waals surface area contributed by atoms with E-state index in [4.69, 9.17) is 4.74 Å². The average molecular weight is 428 g/mol. The van der Waals surface area contributed by atoms with Gasteiger partial charge in [-0.2, -0.15) is 0 Å². The number of aryl methyl sites for hydroxylation is 1. The van der Waals surface area contributed by atoms with Gasteiger partial charge in [0.1, 0.15) is 17.6 Å². The number of hydrogen-bond donors (Lipinski definition) is 2. The van der Waals surface area contributed by atoms with Crippen LogP contribution in [0.2, 0.25) is 6.82 Å². The Balaban J connectivity index is 1.68. The van der Waals surface area contributed by atoms with E-state index >= 15 is 0 Å². The molecular weight excluding hydrogens is 408 g/mol. The number of carbonyl (C=O) groups is 2. The van der Waals surface area contributed by atoms with Crippen LogP contribution >= 0.6 is 11.3 Å². The van der Waals surface area contributed by atoms with Gasteiger partial charge >= 0.3 is 0 Å². The highest BCUT2D eigenvalue weighted by Gasteiger charge is 2.23. The second-order valence-electron chi connectivity index (χ2n) is 6.38. The lowest BCUT2D eigenvalue weighted by atomic mass is 10.0. The van der Waals surface area contributed by atoms with Crippen LogP contribution in [0, 0.1) is 12.7 Å². The molecule has 11 heteroatoms. The molecule has 0 aliphatic rings. The molecular formula is C19H20BFN5O3S. The molecule has 0 fully saturated rings. The second-order valence-corrected chi connectivity index (χ2v) is 7.24. The fourth-order valence-electron chi connectivity index (χ4n) is 2.63. The van der Waals surface area contributed by atoms with Crippen LogP contribution in [0.15, 0.2) is 36.0 Å². The van der Waals surface area contributed by atoms with Crippen molar-refractivity contribution >= 4 is 35.7 Å². The third-order valence-electron chi connectivity index (χ3n) is 4.25. The summed E-state index contributed by atoms with van der Waals surface area (Å²) in [6.07, 6.45) is 3.39. The van der Waals surface area contributed by atoms with Crippen LogP contribution < -0.4 is 10.6 Å². The van der Waals surface area contributed by atoms with Crippen molar-refractivity contribution in [3.05, 3.63) is 53.0 Å². The summed E-state index contributed by atoms with van der Waals surface area (Å²) >= 11 is 1.20. The van der Waals surface area contributed by atoms with Crippen LogP contribution in [0.3, 0.4) is 0 Å². The van der Waals surface area contributed by atoms with E-state index in [2.05, 4.69) is 20.6 Å². The summed E-state index contributed by atoms with van der Waals surface area (Å²) in [5, 5.41) is 7.39. The van der Waals surface area contributed by atoms with Crippen LogP contribution in [-0.2, 0) is 9.53 Å². The maximum Gasteiger partial charge on any atom is 0.253 e. The Morgan fingerprint density at radius 3 is 2.77 bits per heavy atom. The fourth-order valence-corrected chi connectivity index (χ4v) is 3.33. The summed E-state index contributed by atoms with van der Waals surface area (Å²) in [6.45, 7) is 3.40. The molecule has 1 atom stereocenters. The summed E-state index contributed by atoms with van der Waals surface area (Å²) < 4.78 is 20.2. The van der Waals surface area contributed by atoms with E-state index in [1.165, 1.54) is 30.6 Å². The number of hydrogen-bond acceptors (Lipinski definition) is 6. The minimum absolute atomic E-state index is 0.00483. The highest BCUT2D eigenvalue weighted by molar-refractivity contribution is 7.14. The molecule has 1 radical (unpaired) electrons. The van der Waals surface area contributed by atoms with Gasteiger partial charge in [0, 0.05) is 18.7 Å². The second kappa shape index (κ2) is 9.64. The summed E-state index contributed by atoms with van der Waals surface area (Å²) in [4.78, 5) is 33.6. The molecule has 2 N–H and O–H groups in total. The Kier molecular flexibility index (Phi) is 6.96. The Morgan fingerprint density at radius 2 is 2.10 bits per heavy atom. The lowest BCUT2D eigenvalue weighted by Gasteiger charge is -2.16. The molecule has 3 heterocycles. The highest BCUT2D eigenvalue weighted by Crippen LogP contribution is 2.24. The molecule has 0 saturated carbocycles. The normalized spacial score (nSPS) is 11.7. The minimum Gasteiger partial charge on any atom is -0.402 e. The zero-order valence-corrected chi connectivity index (χ0v) is 17.5. The van der Waals surface area contributed by atoms with E-state index in [0.717, 1.165) is 0 Å². The van der Waals surface area contributed by atoms with Crippen molar-refractivity contribution in [3.8, 4) is 11.4 Å². The number of ether oxygens (including phenoxy) is 1. The molecule has 3 aromatic rings. The van der Waals surface area contributed by atoms with Gasteiger partial charge in [-0.05, 0) is 31.3 Å². The Bertz CT molecular complexity index is 1050. The van der Waals surface area contributed by atoms with E-state index in [9.17, 15) is 14.0 Å². The predicted molar refractivity (Wildman–Crippen MR) is 113 cm³/mol. The monoisotopic (exact) mass is 428 g/mol. The number of nitrogens with zero attached hydrogens (tertiary/aromatic N) is 3. The number of aromatic nitrogens is 3. The fraction of sp³-hybridized carbons (Fsp3) is 0.263. The van der Waals surface area contributed by atoms with E-state index < -0.39 is 23.7 Å². The van der Waals surface area contributed by atoms with Gasteiger partial charge < -0.3 is 19.8 Å². The molecule has 0 bridgehead atoms. The molecule has 30 heavy (non-hydrogen) atoms.